The molecule has 1 fully saturated rings. The van der Waals surface area contributed by atoms with E-state index in [4.69, 9.17) is 4.74 Å². The van der Waals surface area contributed by atoms with Gasteiger partial charge in [0.2, 0.25) is 0 Å². The Morgan fingerprint density at radius 2 is 1.94 bits per heavy atom. The van der Waals surface area contributed by atoms with Gasteiger partial charge in [-0.15, -0.1) is 0 Å². The minimum absolute atomic E-state index is 0.0307. The van der Waals surface area contributed by atoms with Gasteiger partial charge in [0, 0.05) is 45.1 Å². The lowest BCUT2D eigenvalue weighted by atomic mass is 9.98. The quantitative estimate of drug-likeness (QED) is 0.691. The summed E-state index contributed by atoms with van der Waals surface area (Å²) in [5.41, 5.74) is 6.15. The summed E-state index contributed by atoms with van der Waals surface area (Å²) in [6, 6.07) is 19.0. The fourth-order valence-electron chi connectivity index (χ4n) is 4.60. The van der Waals surface area contributed by atoms with Crippen LogP contribution in [0.25, 0.3) is 11.1 Å². The Morgan fingerprint density at radius 1 is 1.13 bits per heavy atom. The Hall–Kier alpha value is -2.96. The van der Waals surface area contributed by atoms with Gasteiger partial charge >= 0.3 is 0 Å². The van der Waals surface area contributed by atoms with Crippen LogP contribution in [0.15, 0.2) is 54.6 Å². The molecule has 160 valence electrons. The molecule has 0 spiro atoms. The number of aryl methyl sites for hydroxylation is 1. The number of hydrogen-bond donors (Lipinski definition) is 1. The Balaban J connectivity index is 1.34. The van der Waals surface area contributed by atoms with Crippen LogP contribution in [0.5, 0.6) is 0 Å². The SMILES string of the molecule is Cn1nc(C(=O)N2CCc3c(-c4ccccc4)cccc32)cc1CNC1CCOCC1. The summed E-state index contributed by atoms with van der Waals surface area (Å²) in [6.07, 6.45) is 2.91. The summed E-state index contributed by atoms with van der Waals surface area (Å²) in [7, 11) is 1.91. The van der Waals surface area contributed by atoms with Crippen molar-refractivity contribution in [1.82, 2.24) is 15.1 Å². The first-order valence-electron chi connectivity index (χ1n) is 11.0. The maximum Gasteiger partial charge on any atom is 0.278 e. The van der Waals surface area contributed by atoms with Gasteiger partial charge in [-0.2, -0.15) is 5.10 Å². The third-order valence-corrected chi connectivity index (χ3v) is 6.35. The van der Waals surface area contributed by atoms with E-state index in [1.165, 1.54) is 16.7 Å². The van der Waals surface area contributed by atoms with Crippen LogP contribution in [0.4, 0.5) is 5.69 Å². The predicted molar refractivity (Wildman–Crippen MR) is 121 cm³/mol. The molecule has 3 heterocycles. The van der Waals surface area contributed by atoms with Crippen molar-refractivity contribution in [3.05, 3.63) is 71.5 Å². The van der Waals surface area contributed by atoms with Crippen LogP contribution in [0.2, 0.25) is 0 Å². The van der Waals surface area contributed by atoms with Crippen LogP contribution in [-0.2, 0) is 24.8 Å². The molecular weight excluding hydrogens is 388 g/mol. The Bertz CT molecular complexity index is 1070. The smallest absolute Gasteiger partial charge is 0.278 e. The number of anilines is 1. The average molecular weight is 417 g/mol. The summed E-state index contributed by atoms with van der Waals surface area (Å²) < 4.78 is 7.24. The highest BCUT2D eigenvalue weighted by Crippen LogP contribution is 2.36. The lowest BCUT2D eigenvalue weighted by Crippen LogP contribution is -2.34. The second-order valence-electron chi connectivity index (χ2n) is 8.29. The number of rotatable bonds is 5. The zero-order chi connectivity index (χ0) is 21.2. The first-order valence-corrected chi connectivity index (χ1v) is 11.0. The molecule has 2 aliphatic rings. The Morgan fingerprint density at radius 3 is 2.74 bits per heavy atom. The van der Waals surface area contributed by atoms with E-state index in [9.17, 15) is 4.79 Å². The monoisotopic (exact) mass is 416 g/mol. The van der Waals surface area contributed by atoms with E-state index in [-0.39, 0.29) is 5.91 Å². The topological polar surface area (TPSA) is 59.4 Å². The zero-order valence-corrected chi connectivity index (χ0v) is 17.9. The van der Waals surface area contributed by atoms with Crippen molar-refractivity contribution in [1.29, 1.82) is 0 Å². The van der Waals surface area contributed by atoms with Gasteiger partial charge in [0.25, 0.3) is 5.91 Å². The molecule has 1 aromatic heterocycles. The molecule has 1 saturated heterocycles. The number of nitrogens with zero attached hydrogens (tertiary/aromatic N) is 3. The first kappa shape index (κ1) is 20.0. The number of carbonyl (C=O) groups is 1. The number of benzene rings is 2. The molecule has 0 aliphatic carbocycles. The highest BCUT2D eigenvalue weighted by molar-refractivity contribution is 6.06. The molecule has 0 radical (unpaired) electrons. The predicted octanol–water partition coefficient (Wildman–Crippen LogP) is 3.56. The Labute approximate surface area is 182 Å². The number of carbonyl (C=O) groups excluding carboxylic acids is 1. The van der Waals surface area contributed by atoms with E-state index in [1.54, 1.807) is 0 Å². The molecule has 6 nitrogen and oxygen atoms in total. The van der Waals surface area contributed by atoms with Gasteiger partial charge in [-0.3, -0.25) is 9.48 Å². The van der Waals surface area contributed by atoms with Crippen molar-refractivity contribution in [3.63, 3.8) is 0 Å². The van der Waals surface area contributed by atoms with Gasteiger partial charge in [0.15, 0.2) is 5.69 Å². The van der Waals surface area contributed by atoms with Crippen molar-refractivity contribution in [2.45, 2.75) is 31.8 Å². The van der Waals surface area contributed by atoms with E-state index in [1.807, 2.05) is 40.9 Å². The summed E-state index contributed by atoms with van der Waals surface area (Å²) in [5, 5.41) is 8.11. The van der Waals surface area contributed by atoms with Gasteiger partial charge in [-0.05, 0) is 48.1 Å². The van der Waals surface area contributed by atoms with Crippen LogP contribution >= 0.6 is 0 Å². The van der Waals surface area contributed by atoms with E-state index >= 15 is 0 Å². The summed E-state index contributed by atoms with van der Waals surface area (Å²) in [6.45, 7) is 3.01. The highest BCUT2D eigenvalue weighted by atomic mass is 16.5. The molecule has 6 heteroatoms. The maximum atomic E-state index is 13.3. The van der Waals surface area contributed by atoms with Crippen molar-refractivity contribution in [3.8, 4) is 11.1 Å². The summed E-state index contributed by atoms with van der Waals surface area (Å²) >= 11 is 0. The van der Waals surface area contributed by atoms with Crippen LogP contribution < -0.4 is 10.2 Å². The van der Waals surface area contributed by atoms with Crippen molar-refractivity contribution in [2.24, 2.45) is 7.05 Å². The third-order valence-electron chi connectivity index (χ3n) is 6.35. The van der Waals surface area contributed by atoms with Gasteiger partial charge < -0.3 is 15.0 Å². The molecule has 0 atom stereocenters. The number of nitrogens with one attached hydrogen (secondary N) is 1. The van der Waals surface area contributed by atoms with E-state index < -0.39 is 0 Å². The Kier molecular flexibility index (Phi) is 5.57. The maximum absolute atomic E-state index is 13.3. The molecule has 1 N–H and O–H groups in total. The van der Waals surface area contributed by atoms with Crippen molar-refractivity contribution in [2.75, 3.05) is 24.7 Å². The minimum atomic E-state index is -0.0307. The second-order valence-corrected chi connectivity index (χ2v) is 8.29. The number of hydrogen-bond acceptors (Lipinski definition) is 4. The van der Waals surface area contributed by atoms with E-state index in [0.29, 0.717) is 24.8 Å². The first-order chi connectivity index (χ1) is 15.2. The van der Waals surface area contributed by atoms with Gasteiger partial charge in [-0.25, -0.2) is 0 Å². The standard InChI is InChI=1S/C25H28N4O2/c1-28-20(17-26-19-11-14-31-15-12-19)16-23(27-28)25(30)29-13-10-22-21(8-5-9-24(22)29)18-6-3-2-4-7-18/h2-9,16,19,26H,10-15,17H2,1H3. The fourth-order valence-corrected chi connectivity index (χ4v) is 4.60. The zero-order valence-electron chi connectivity index (χ0n) is 17.9. The summed E-state index contributed by atoms with van der Waals surface area (Å²) in [4.78, 5) is 15.2. The van der Waals surface area contributed by atoms with Crippen LogP contribution in [0, 0.1) is 0 Å². The molecule has 0 saturated carbocycles. The van der Waals surface area contributed by atoms with Gasteiger partial charge in [-0.1, -0.05) is 42.5 Å². The second kappa shape index (κ2) is 8.65. The average Bonchev–Trinajstić information content (AvgIpc) is 3.42. The molecule has 0 bridgehead atoms. The lowest BCUT2D eigenvalue weighted by Gasteiger charge is -2.23. The summed E-state index contributed by atoms with van der Waals surface area (Å²) in [5.74, 6) is -0.0307. The molecule has 31 heavy (non-hydrogen) atoms. The van der Waals surface area contributed by atoms with Crippen LogP contribution in [0.3, 0.4) is 0 Å². The molecule has 0 unspecified atom stereocenters. The highest BCUT2D eigenvalue weighted by Gasteiger charge is 2.29. The number of aromatic nitrogens is 2. The van der Waals surface area contributed by atoms with Crippen molar-refractivity contribution >= 4 is 11.6 Å². The molecule has 3 aromatic rings. The molecule has 1 amide bonds. The fraction of sp³-hybridized carbons (Fsp3) is 0.360. The third kappa shape index (κ3) is 4.01. The van der Waals surface area contributed by atoms with Crippen LogP contribution in [-0.4, -0.2) is 41.5 Å². The number of fused-ring (bicyclic) bond motifs is 1. The molecular formula is C25H28N4O2. The minimum Gasteiger partial charge on any atom is -0.381 e. The van der Waals surface area contributed by atoms with Crippen LogP contribution in [0.1, 0.15) is 34.6 Å². The van der Waals surface area contributed by atoms with E-state index in [0.717, 1.165) is 43.9 Å². The number of ether oxygens (including phenoxy) is 1. The molecule has 5 rings (SSSR count). The van der Waals surface area contributed by atoms with E-state index in [2.05, 4.69) is 40.7 Å². The van der Waals surface area contributed by atoms with Gasteiger partial charge in [0.1, 0.15) is 0 Å². The lowest BCUT2D eigenvalue weighted by molar-refractivity contribution is 0.0774. The normalized spacial score (nSPS) is 16.5. The van der Waals surface area contributed by atoms with Gasteiger partial charge in [0.05, 0.1) is 5.69 Å². The molecule has 2 aromatic carbocycles. The van der Waals surface area contributed by atoms with Crippen molar-refractivity contribution < 1.29 is 9.53 Å². The number of amides is 1. The molecule has 2 aliphatic heterocycles. The largest absolute Gasteiger partial charge is 0.381 e.